The fourth-order valence-corrected chi connectivity index (χ4v) is 3.73. The fourth-order valence-electron chi connectivity index (χ4n) is 2.65. The Hall–Kier alpha value is -1.49. The first kappa shape index (κ1) is 16.9. The van der Waals surface area contributed by atoms with E-state index in [0.29, 0.717) is 0 Å². The quantitative estimate of drug-likeness (QED) is 0.884. The molecular weight excluding hydrogens is 305 g/mol. The second-order valence-electron chi connectivity index (χ2n) is 6.20. The van der Waals surface area contributed by atoms with Gasteiger partial charge in [0.2, 0.25) is 10.0 Å². The fraction of sp³-hybridized carbons (Fsp3) is 0.533. The summed E-state index contributed by atoms with van der Waals surface area (Å²) in [4.78, 5) is -0.0981. The van der Waals surface area contributed by atoms with Crippen molar-refractivity contribution in [2.45, 2.75) is 37.6 Å². The molecule has 0 amide bonds. The molecule has 0 aromatic heterocycles. The average molecular weight is 325 g/mol. The first-order valence-corrected chi connectivity index (χ1v) is 8.67. The van der Waals surface area contributed by atoms with Crippen molar-refractivity contribution in [2.24, 2.45) is 5.41 Å². The van der Waals surface area contributed by atoms with Gasteiger partial charge in [0.05, 0.1) is 10.5 Å². The second kappa shape index (κ2) is 6.32. The summed E-state index contributed by atoms with van der Waals surface area (Å²) in [7, 11) is -3.77. The van der Waals surface area contributed by atoms with E-state index >= 15 is 0 Å². The molecule has 1 unspecified atom stereocenters. The molecule has 1 aromatic carbocycles. The van der Waals surface area contributed by atoms with Crippen LogP contribution in [-0.2, 0) is 10.0 Å². The van der Waals surface area contributed by atoms with Crippen LogP contribution < -0.4 is 10.0 Å². The van der Waals surface area contributed by atoms with E-state index in [1.54, 1.807) is 6.07 Å². The minimum absolute atomic E-state index is 0.00137. The van der Waals surface area contributed by atoms with Gasteiger partial charge in [-0.25, -0.2) is 17.5 Å². The number of halogens is 1. The molecule has 1 aliphatic rings. The number of piperidine rings is 1. The maximum Gasteiger partial charge on any atom is 0.240 e. The van der Waals surface area contributed by atoms with Gasteiger partial charge in [-0.3, -0.25) is 0 Å². The molecule has 1 saturated heterocycles. The maximum atomic E-state index is 13.3. The number of nitrogens with one attached hydrogen (secondary N) is 2. The Balaban J connectivity index is 2.13. The Morgan fingerprint density at radius 3 is 2.86 bits per heavy atom. The Kier molecular flexibility index (Phi) is 4.85. The van der Waals surface area contributed by atoms with E-state index in [2.05, 4.69) is 23.9 Å². The largest absolute Gasteiger partial charge is 0.312 e. The van der Waals surface area contributed by atoms with Gasteiger partial charge in [-0.15, -0.1) is 0 Å². The SMILES string of the molecule is CC1(C)CCCNC1CNS(=O)(=O)c1ccc(F)c(C#N)c1. The summed E-state index contributed by atoms with van der Waals surface area (Å²) in [5, 5.41) is 12.1. The van der Waals surface area contributed by atoms with Gasteiger partial charge >= 0.3 is 0 Å². The van der Waals surface area contributed by atoms with Gasteiger partial charge in [0, 0.05) is 12.6 Å². The monoisotopic (exact) mass is 325 g/mol. The number of benzene rings is 1. The summed E-state index contributed by atoms with van der Waals surface area (Å²) >= 11 is 0. The number of rotatable bonds is 4. The van der Waals surface area contributed by atoms with Crippen molar-refractivity contribution in [1.82, 2.24) is 10.0 Å². The lowest BCUT2D eigenvalue weighted by Gasteiger charge is -2.39. The van der Waals surface area contributed by atoms with E-state index in [1.807, 2.05) is 0 Å². The van der Waals surface area contributed by atoms with Gasteiger partial charge in [0.1, 0.15) is 11.9 Å². The van der Waals surface area contributed by atoms with Gasteiger partial charge in [-0.2, -0.15) is 5.26 Å². The molecule has 22 heavy (non-hydrogen) atoms. The lowest BCUT2D eigenvalue weighted by Crippen LogP contribution is -2.52. The van der Waals surface area contributed by atoms with Crippen LogP contribution in [0.5, 0.6) is 0 Å². The minimum atomic E-state index is -3.77. The Bertz CT molecular complexity index is 695. The highest BCUT2D eigenvalue weighted by molar-refractivity contribution is 7.89. The van der Waals surface area contributed by atoms with Crippen molar-refractivity contribution in [1.29, 1.82) is 5.26 Å². The molecule has 7 heteroatoms. The molecule has 2 rings (SSSR count). The average Bonchev–Trinajstić information content (AvgIpc) is 2.46. The molecule has 1 aliphatic heterocycles. The molecule has 1 atom stereocenters. The third-order valence-corrected chi connectivity index (χ3v) is 5.60. The first-order chi connectivity index (χ1) is 10.3. The highest BCUT2D eigenvalue weighted by Gasteiger charge is 2.32. The van der Waals surface area contributed by atoms with E-state index in [1.165, 1.54) is 0 Å². The van der Waals surface area contributed by atoms with Crippen molar-refractivity contribution >= 4 is 10.0 Å². The topological polar surface area (TPSA) is 82.0 Å². The Morgan fingerprint density at radius 2 is 2.23 bits per heavy atom. The molecule has 1 heterocycles. The lowest BCUT2D eigenvalue weighted by molar-refractivity contribution is 0.181. The summed E-state index contributed by atoms with van der Waals surface area (Å²) < 4.78 is 40.4. The van der Waals surface area contributed by atoms with Crippen LogP contribution in [0.2, 0.25) is 0 Å². The van der Waals surface area contributed by atoms with Gasteiger partial charge in [-0.05, 0) is 43.0 Å². The van der Waals surface area contributed by atoms with Crippen LogP contribution in [0.25, 0.3) is 0 Å². The van der Waals surface area contributed by atoms with Gasteiger partial charge < -0.3 is 5.32 Å². The van der Waals surface area contributed by atoms with E-state index in [-0.39, 0.29) is 28.5 Å². The van der Waals surface area contributed by atoms with E-state index in [9.17, 15) is 12.8 Å². The van der Waals surface area contributed by atoms with Crippen molar-refractivity contribution in [3.05, 3.63) is 29.6 Å². The number of hydrogen-bond acceptors (Lipinski definition) is 4. The summed E-state index contributed by atoms with van der Waals surface area (Å²) in [5.41, 5.74) is -0.277. The van der Waals surface area contributed by atoms with E-state index in [4.69, 9.17) is 5.26 Å². The van der Waals surface area contributed by atoms with Crippen LogP contribution in [0.15, 0.2) is 23.1 Å². The number of sulfonamides is 1. The summed E-state index contributed by atoms with van der Waals surface area (Å²) in [6, 6.07) is 4.89. The predicted molar refractivity (Wildman–Crippen MR) is 81.1 cm³/mol. The number of hydrogen-bond donors (Lipinski definition) is 2. The van der Waals surface area contributed by atoms with Gasteiger partial charge in [0.25, 0.3) is 0 Å². The molecule has 1 fully saturated rings. The Morgan fingerprint density at radius 1 is 1.50 bits per heavy atom. The zero-order chi connectivity index (χ0) is 16.4. The maximum absolute atomic E-state index is 13.3. The molecule has 1 aromatic rings. The molecule has 0 saturated carbocycles. The zero-order valence-electron chi connectivity index (χ0n) is 12.7. The van der Waals surface area contributed by atoms with Crippen LogP contribution in [-0.4, -0.2) is 27.5 Å². The first-order valence-electron chi connectivity index (χ1n) is 7.19. The molecule has 0 spiro atoms. The molecule has 2 N–H and O–H groups in total. The predicted octanol–water partition coefficient (Wildman–Crippen LogP) is 1.75. The van der Waals surface area contributed by atoms with Crippen molar-refractivity contribution in [2.75, 3.05) is 13.1 Å². The standard InChI is InChI=1S/C15H20FN3O2S/c1-15(2)6-3-7-18-14(15)10-19-22(20,21)12-4-5-13(16)11(8-12)9-17/h4-5,8,14,18-19H,3,6-7,10H2,1-2H3. The summed E-state index contributed by atoms with van der Waals surface area (Å²) in [6.45, 7) is 5.33. The lowest BCUT2D eigenvalue weighted by atomic mass is 9.78. The highest BCUT2D eigenvalue weighted by atomic mass is 32.2. The smallest absolute Gasteiger partial charge is 0.240 e. The van der Waals surface area contributed by atoms with Crippen molar-refractivity contribution in [3.63, 3.8) is 0 Å². The van der Waals surface area contributed by atoms with Gasteiger partial charge in [0.15, 0.2) is 0 Å². The normalized spacial score (nSPS) is 21.3. The van der Waals surface area contributed by atoms with Crippen LogP contribution in [0, 0.1) is 22.6 Å². The number of nitrogens with zero attached hydrogens (tertiary/aromatic N) is 1. The van der Waals surface area contributed by atoms with Crippen molar-refractivity contribution < 1.29 is 12.8 Å². The third kappa shape index (κ3) is 3.64. The van der Waals surface area contributed by atoms with Crippen LogP contribution in [0.1, 0.15) is 32.3 Å². The summed E-state index contributed by atoms with van der Waals surface area (Å²) in [5.74, 6) is -0.725. The highest BCUT2D eigenvalue weighted by Crippen LogP contribution is 2.29. The van der Waals surface area contributed by atoms with Crippen LogP contribution in [0.3, 0.4) is 0 Å². The van der Waals surface area contributed by atoms with Gasteiger partial charge in [-0.1, -0.05) is 13.8 Å². The van der Waals surface area contributed by atoms with Crippen LogP contribution in [0.4, 0.5) is 4.39 Å². The number of nitriles is 1. The molecule has 0 bridgehead atoms. The van der Waals surface area contributed by atoms with E-state index < -0.39 is 15.8 Å². The van der Waals surface area contributed by atoms with Crippen LogP contribution >= 0.6 is 0 Å². The molecule has 5 nitrogen and oxygen atoms in total. The third-order valence-electron chi connectivity index (χ3n) is 4.18. The zero-order valence-corrected chi connectivity index (χ0v) is 13.5. The molecule has 120 valence electrons. The molecule has 0 aliphatic carbocycles. The molecule has 0 radical (unpaired) electrons. The second-order valence-corrected chi connectivity index (χ2v) is 7.97. The minimum Gasteiger partial charge on any atom is -0.312 e. The molecular formula is C15H20FN3O2S. The Labute approximate surface area is 130 Å². The summed E-state index contributed by atoms with van der Waals surface area (Å²) in [6.07, 6.45) is 2.10. The van der Waals surface area contributed by atoms with E-state index in [0.717, 1.165) is 37.6 Å². The van der Waals surface area contributed by atoms with Crippen molar-refractivity contribution in [3.8, 4) is 6.07 Å².